The summed E-state index contributed by atoms with van der Waals surface area (Å²) in [6.07, 6.45) is 3.59. The molecule has 1 aromatic rings. The molecule has 2 rings (SSSR count). The van der Waals surface area contributed by atoms with Gasteiger partial charge in [-0.3, -0.25) is 15.6 Å². The molecule has 132 valence electrons. The van der Waals surface area contributed by atoms with E-state index in [1.54, 1.807) is 0 Å². The molecule has 0 radical (unpaired) electrons. The second kappa shape index (κ2) is 8.87. The van der Waals surface area contributed by atoms with Crippen molar-refractivity contribution in [2.75, 3.05) is 6.61 Å². The summed E-state index contributed by atoms with van der Waals surface area (Å²) in [5.41, 5.74) is 6.41. The van der Waals surface area contributed by atoms with Crippen molar-refractivity contribution in [1.29, 1.82) is 0 Å². The predicted octanol–water partition coefficient (Wildman–Crippen LogP) is 2.69. The molecule has 0 spiro atoms. The highest BCUT2D eigenvalue weighted by molar-refractivity contribution is 7.80. The molecule has 24 heavy (non-hydrogen) atoms. The minimum Gasteiger partial charge on any atom is -0.484 e. The maximum Gasteiger partial charge on any atom is 0.276 e. The van der Waals surface area contributed by atoms with Gasteiger partial charge in [0, 0.05) is 6.04 Å². The van der Waals surface area contributed by atoms with Crippen LogP contribution in [0.4, 0.5) is 0 Å². The molecule has 0 aromatic heterocycles. The van der Waals surface area contributed by atoms with E-state index in [2.05, 4.69) is 30.0 Å². The first-order chi connectivity index (χ1) is 11.5. The Morgan fingerprint density at radius 2 is 2.08 bits per heavy atom. The van der Waals surface area contributed by atoms with Crippen molar-refractivity contribution < 1.29 is 9.53 Å². The second-order valence-corrected chi connectivity index (χ2v) is 7.03. The molecule has 0 aliphatic heterocycles. The summed E-state index contributed by atoms with van der Waals surface area (Å²) >= 11 is 5.26. The van der Waals surface area contributed by atoms with Gasteiger partial charge in [-0.15, -0.1) is 0 Å². The highest BCUT2D eigenvalue weighted by Crippen LogP contribution is 2.29. The average molecular weight is 350 g/mol. The first kappa shape index (κ1) is 18.5. The normalized spacial score (nSPS) is 23.2. The number of hydrogen-bond acceptors (Lipinski definition) is 3. The van der Waals surface area contributed by atoms with E-state index in [4.69, 9.17) is 17.0 Å². The van der Waals surface area contributed by atoms with Crippen LogP contribution in [0.5, 0.6) is 5.75 Å². The van der Waals surface area contributed by atoms with E-state index in [-0.39, 0.29) is 12.5 Å². The van der Waals surface area contributed by atoms with Gasteiger partial charge in [-0.05, 0) is 55.1 Å². The van der Waals surface area contributed by atoms with Crippen molar-refractivity contribution in [1.82, 2.24) is 16.2 Å². The van der Waals surface area contributed by atoms with Crippen LogP contribution < -0.4 is 20.9 Å². The van der Waals surface area contributed by atoms with E-state index in [9.17, 15) is 4.79 Å². The number of thiocarbonyl (C=S) groups is 1. The highest BCUT2D eigenvalue weighted by Gasteiger charge is 2.27. The van der Waals surface area contributed by atoms with Gasteiger partial charge in [-0.1, -0.05) is 38.8 Å². The zero-order valence-electron chi connectivity index (χ0n) is 14.6. The number of hydrogen-bond donors (Lipinski definition) is 3. The van der Waals surface area contributed by atoms with Gasteiger partial charge in [-0.25, -0.2) is 0 Å². The fourth-order valence-electron chi connectivity index (χ4n) is 3.01. The fraction of sp³-hybridized carbons (Fsp3) is 0.556. The molecule has 1 fully saturated rings. The number of benzene rings is 1. The molecule has 1 aliphatic carbocycles. The van der Waals surface area contributed by atoms with Gasteiger partial charge in [-0.2, -0.15) is 0 Å². The van der Waals surface area contributed by atoms with Crippen molar-refractivity contribution >= 4 is 23.2 Å². The highest BCUT2D eigenvalue weighted by atomic mass is 32.1. The molecule has 1 amide bonds. The monoisotopic (exact) mass is 349 g/mol. The first-order valence-electron chi connectivity index (χ1n) is 8.50. The minimum absolute atomic E-state index is 0.0596. The lowest BCUT2D eigenvalue weighted by Crippen LogP contribution is -2.53. The van der Waals surface area contributed by atoms with Gasteiger partial charge < -0.3 is 10.1 Å². The topological polar surface area (TPSA) is 62.4 Å². The van der Waals surface area contributed by atoms with Crippen LogP contribution >= 0.6 is 12.2 Å². The van der Waals surface area contributed by atoms with E-state index in [1.807, 2.05) is 31.2 Å². The van der Waals surface area contributed by atoms with Gasteiger partial charge in [0.25, 0.3) is 5.91 Å². The van der Waals surface area contributed by atoms with E-state index in [0.29, 0.717) is 28.7 Å². The molecule has 0 heterocycles. The third kappa shape index (κ3) is 5.67. The third-order valence-electron chi connectivity index (χ3n) is 4.70. The number of carbonyl (C=O) groups excluding carboxylic acids is 1. The van der Waals surface area contributed by atoms with Gasteiger partial charge in [0.1, 0.15) is 5.75 Å². The maximum atomic E-state index is 11.8. The number of rotatable bonds is 4. The quantitative estimate of drug-likeness (QED) is 0.576. The molecule has 0 unspecified atom stereocenters. The Kier molecular flexibility index (Phi) is 6.85. The number of nitrogens with one attached hydrogen (secondary N) is 3. The Morgan fingerprint density at radius 3 is 2.83 bits per heavy atom. The summed E-state index contributed by atoms with van der Waals surface area (Å²) in [7, 11) is 0. The standard InChI is InChI=1S/C18H27N3O2S/c1-12-6-4-8-15(10-12)23-11-17(22)20-21-18(24)19-16-9-5-7-13(2)14(16)3/h4,6,8,10,13-14,16H,5,7,9,11H2,1-3H3,(H,20,22)(H2,19,21,24)/t13-,14+,16-/m1/s1. The van der Waals surface area contributed by atoms with E-state index >= 15 is 0 Å². The summed E-state index contributed by atoms with van der Waals surface area (Å²) < 4.78 is 5.45. The second-order valence-electron chi connectivity index (χ2n) is 6.63. The molecule has 1 aromatic carbocycles. The molecule has 0 saturated heterocycles. The average Bonchev–Trinajstić information content (AvgIpc) is 2.55. The van der Waals surface area contributed by atoms with Gasteiger partial charge >= 0.3 is 0 Å². The van der Waals surface area contributed by atoms with Crippen molar-refractivity contribution in [3.63, 3.8) is 0 Å². The van der Waals surface area contributed by atoms with Crippen LogP contribution in [-0.2, 0) is 4.79 Å². The molecule has 3 N–H and O–H groups in total. The van der Waals surface area contributed by atoms with E-state index in [0.717, 1.165) is 12.0 Å². The van der Waals surface area contributed by atoms with Crippen molar-refractivity contribution in [3.05, 3.63) is 29.8 Å². The molecule has 1 aliphatic rings. The van der Waals surface area contributed by atoms with Gasteiger partial charge in [0.05, 0.1) is 0 Å². The summed E-state index contributed by atoms with van der Waals surface area (Å²) in [4.78, 5) is 11.8. The molecular weight excluding hydrogens is 322 g/mol. The zero-order valence-corrected chi connectivity index (χ0v) is 15.4. The first-order valence-corrected chi connectivity index (χ1v) is 8.91. The van der Waals surface area contributed by atoms with E-state index < -0.39 is 0 Å². The predicted molar refractivity (Wildman–Crippen MR) is 99.7 cm³/mol. The number of hydrazine groups is 1. The Hall–Kier alpha value is -1.82. The Labute approximate surface area is 149 Å². The van der Waals surface area contributed by atoms with Crippen LogP contribution in [-0.4, -0.2) is 23.7 Å². The zero-order chi connectivity index (χ0) is 17.5. The van der Waals surface area contributed by atoms with Crippen molar-refractivity contribution in [2.45, 2.75) is 46.1 Å². The summed E-state index contributed by atoms with van der Waals surface area (Å²) in [6.45, 7) is 6.44. The lowest BCUT2D eigenvalue weighted by atomic mass is 9.78. The molecule has 3 atom stereocenters. The van der Waals surface area contributed by atoms with Crippen LogP contribution in [0.2, 0.25) is 0 Å². The van der Waals surface area contributed by atoms with Crippen LogP contribution in [0.1, 0.15) is 38.7 Å². The molecule has 5 nitrogen and oxygen atoms in total. The lowest BCUT2D eigenvalue weighted by Gasteiger charge is -2.35. The molecule has 6 heteroatoms. The van der Waals surface area contributed by atoms with Crippen LogP contribution in [0.25, 0.3) is 0 Å². The van der Waals surface area contributed by atoms with Crippen molar-refractivity contribution in [2.24, 2.45) is 11.8 Å². The van der Waals surface area contributed by atoms with Crippen LogP contribution in [0.3, 0.4) is 0 Å². The Morgan fingerprint density at radius 1 is 1.29 bits per heavy atom. The van der Waals surface area contributed by atoms with Gasteiger partial charge in [0.2, 0.25) is 0 Å². The largest absolute Gasteiger partial charge is 0.484 e. The molecule has 1 saturated carbocycles. The smallest absolute Gasteiger partial charge is 0.276 e. The Bertz CT molecular complexity index is 579. The van der Waals surface area contributed by atoms with Crippen molar-refractivity contribution in [3.8, 4) is 5.75 Å². The fourth-order valence-corrected chi connectivity index (χ4v) is 3.21. The number of amides is 1. The Balaban J connectivity index is 1.68. The molecule has 0 bridgehead atoms. The number of carbonyl (C=O) groups is 1. The summed E-state index contributed by atoms with van der Waals surface area (Å²) in [6, 6.07) is 7.94. The maximum absolute atomic E-state index is 11.8. The SMILES string of the molecule is Cc1cccc(OCC(=O)NNC(=S)N[C@@H]2CCC[C@@H](C)[C@@H]2C)c1. The van der Waals surface area contributed by atoms with Gasteiger partial charge in [0.15, 0.2) is 11.7 Å². The lowest BCUT2D eigenvalue weighted by molar-refractivity contribution is -0.123. The van der Waals surface area contributed by atoms with E-state index in [1.165, 1.54) is 12.8 Å². The summed E-state index contributed by atoms with van der Waals surface area (Å²) in [5.74, 6) is 1.66. The minimum atomic E-state index is -0.272. The third-order valence-corrected chi connectivity index (χ3v) is 4.92. The van der Waals surface area contributed by atoms with Crippen LogP contribution in [0, 0.1) is 18.8 Å². The molecular formula is C18H27N3O2S. The van der Waals surface area contributed by atoms with Crippen LogP contribution in [0.15, 0.2) is 24.3 Å². The number of ether oxygens (including phenoxy) is 1. The summed E-state index contributed by atoms with van der Waals surface area (Å²) in [5, 5.41) is 3.75. The number of aryl methyl sites for hydroxylation is 1.